The van der Waals surface area contributed by atoms with Crippen LogP contribution in [0.3, 0.4) is 0 Å². The van der Waals surface area contributed by atoms with Gasteiger partial charge in [-0.2, -0.15) is 0 Å². The molecule has 10 heteroatoms. The summed E-state index contributed by atoms with van der Waals surface area (Å²) in [6.07, 6.45) is 3.33. The first-order chi connectivity index (χ1) is 21.3. The van der Waals surface area contributed by atoms with Gasteiger partial charge in [-0.1, -0.05) is 54.6 Å². The van der Waals surface area contributed by atoms with Gasteiger partial charge in [0.15, 0.2) is 0 Å². The lowest BCUT2D eigenvalue weighted by Gasteiger charge is -2.32. The second kappa shape index (κ2) is 16.4. The highest BCUT2D eigenvalue weighted by molar-refractivity contribution is 7.89. The number of nitrogens with one attached hydrogen (secondary N) is 2. The third-order valence-corrected chi connectivity index (χ3v) is 9.05. The van der Waals surface area contributed by atoms with Crippen molar-refractivity contribution in [2.45, 2.75) is 69.0 Å². The van der Waals surface area contributed by atoms with E-state index in [0.717, 1.165) is 29.5 Å². The van der Waals surface area contributed by atoms with Crippen LogP contribution >= 0.6 is 0 Å². The lowest BCUT2D eigenvalue weighted by atomic mass is 10.0. The Hall–Kier alpha value is -3.73. The Morgan fingerprint density at radius 2 is 1.61 bits per heavy atom. The minimum absolute atomic E-state index is 0.0275. The summed E-state index contributed by atoms with van der Waals surface area (Å²) in [6.45, 7) is 3.78. The number of ether oxygens (including phenoxy) is 2. The fourth-order valence-corrected chi connectivity index (χ4v) is 6.15. The van der Waals surface area contributed by atoms with Gasteiger partial charge in [0.1, 0.15) is 11.8 Å². The summed E-state index contributed by atoms with van der Waals surface area (Å²) in [4.78, 5) is 29.5. The van der Waals surface area contributed by atoms with Gasteiger partial charge < -0.3 is 19.7 Å². The quantitative estimate of drug-likeness (QED) is 0.205. The average molecular weight is 622 g/mol. The zero-order valence-corrected chi connectivity index (χ0v) is 26.4. The number of sulfonamides is 1. The van der Waals surface area contributed by atoms with Crippen molar-refractivity contribution in [2.75, 3.05) is 26.9 Å². The van der Waals surface area contributed by atoms with E-state index in [9.17, 15) is 18.0 Å². The number of methoxy groups -OCH3 is 1. The van der Waals surface area contributed by atoms with Crippen molar-refractivity contribution in [3.63, 3.8) is 0 Å². The molecule has 0 saturated heterocycles. The van der Waals surface area contributed by atoms with Gasteiger partial charge in [-0.15, -0.1) is 0 Å². The standard InChI is InChI=1S/C34H43N3O6S/c1-3-43-23-7-22-35-34(39)32(24-27-8-5-4-6-9-27)37(25-28-10-17-30(42-2)18-11-28)33(38)21-14-26-12-19-31(20-13-26)44(40,41)36-29-15-16-29/h4-6,8-13,17-20,29,32,36H,3,7,14-16,21-25H2,1-2H3,(H,35,39). The first kappa shape index (κ1) is 33.2. The van der Waals surface area contributed by atoms with Crippen LogP contribution in [-0.4, -0.2) is 64.1 Å². The number of aryl methyl sites for hydroxylation is 1. The van der Waals surface area contributed by atoms with E-state index >= 15 is 0 Å². The fourth-order valence-electron chi connectivity index (χ4n) is 4.85. The molecule has 1 aliphatic rings. The SMILES string of the molecule is CCOCCCNC(=O)C(Cc1ccccc1)N(Cc1ccc(OC)cc1)C(=O)CCc1ccc(S(=O)(=O)NC2CC2)cc1. The van der Waals surface area contributed by atoms with Crippen molar-refractivity contribution < 1.29 is 27.5 Å². The van der Waals surface area contributed by atoms with Crippen LogP contribution in [0.5, 0.6) is 5.75 Å². The smallest absolute Gasteiger partial charge is 0.243 e. The molecule has 1 unspecified atom stereocenters. The van der Waals surface area contributed by atoms with E-state index in [0.29, 0.717) is 44.8 Å². The summed E-state index contributed by atoms with van der Waals surface area (Å²) in [5.74, 6) is 0.320. The molecule has 2 N–H and O–H groups in total. The van der Waals surface area contributed by atoms with Crippen LogP contribution in [0.4, 0.5) is 0 Å². The van der Waals surface area contributed by atoms with Crippen LogP contribution in [0.1, 0.15) is 49.3 Å². The average Bonchev–Trinajstić information content (AvgIpc) is 3.85. The summed E-state index contributed by atoms with van der Waals surface area (Å²) < 4.78 is 38.5. The number of amides is 2. The van der Waals surface area contributed by atoms with Gasteiger partial charge in [-0.05, 0) is 73.6 Å². The zero-order valence-electron chi connectivity index (χ0n) is 25.5. The predicted molar refractivity (Wildman–Crippen MR) is 170 cm³/mol. The maximum atomic E-state index is 13.9. The van der Waals surface area contributed by atoms with Crippen molar-refractivity contribution in [3.05, 3.63) is 95.6 Å². The minimum Gasteiger partial charge on any atom is -0.497 e. The lowest BCUT2D eigenvalue weighted by Crippen LogP contribution is -2.50. The van der Waals surface area contributed by atoms with Gasteiger partial charge in [0, 0.05) is 45.2 Å². The molecule has 0 radical (unpaired) electrons. The van der Waals surface area contributed by atoms with Crippen LogP contribution in [0.25, 0.3) is 0 Å². The molecule has 1 fully saturated rings. The number of nitrogens with zero attached hydrogens (tertiary/aromatic N) is 1. The molecule has 3 aromatic rings. The second-order valence-corrected chi connectivity index (χ2v) is 12.7. The van der Waals surface area contributed by atoms with E-state index in [4.69, 9.17) is 9.47 Å². The maximum absolute atomic E-state index is 13.9. The topological polar surface area (TPSA) is 114 Å². The molecule has 9 nitrogen and oxygen atoms in total. The molecular formula is C34H43N3O6S. The molecule has 1 saturated carbocycles. The third-order valence-electron chi connectivity index (χ3n) is 7.51. The Bertz CT molecular complexity index is 1440. The van der Waals surface area contributed by atoms with Gasteiger partial charge >= 0.3 is 0 Å². The molecule has 1 aliphatic carbocycles. The van der Waals surface area contributed by atoms with Crippen molar-refractivity contribution in [3.8, 4) is 5.75 Å². The number of rotatable bonds is 18. The molecule has 4 rings (SSSR count). The predicted octanol–water partition coefficient (Wildman–Crippen LogP) is 4.25. The molecular weight excluding hydrogens is 578 g/mol. The van der Waals surface area contributed by atoms with Crippen LogP contribution in [0.2, 0.25) is 0 Å². The van der Waals surface area contributed by atoms with E-state index in [1.807, 2.05) is 61.5 Å². The van der Waals surface area contributed by atoms with Gasteiger partial charge in [-0.25, -0.2) is 13.1 Å². The molecule has 236 valence electrons. The van der Waals surface area contributed by atoms with Crippen molar-refractivity contribution in [1.82, 2.24) is 14.9 Å². The minimum atomic E-state index is -3.55. The zero-order chi connectivity index (χ0) is 31.4. The summed E-state index contributed by atoms with van der Waals surface area (Å²) in [7, 11) is -1.95. The number of hydrogen-bond acceptors (Lipinski definition) is 6. The number of carbonyl (C=O) groups excluding carboxylic acids is 2. The monoisotopic (exact) mass is 621 g/mol. The van der Waals surface area contributed by atoms with Crippen LogP contribution < -0.4 is 14.8 Å². The molecule has 2 amide bonds. The lowest BCUT2D eigenvalue weighted by molar-refractivity contribution is -0.141. The van der Waals surface area contributed by atoms with Gasteiger partial charge in [0.2, 0.25) is 21.8 Å². The molecule has 0 aliphatic heterocycles. The molecule has 0 heterocycles. The highest BCUT2D eigenvalue weighted by Gasteiger charge is 2.30. The summed E-state index contributed by atoms with van der Waals surface area (Å²) in [5, 5.41) is 3.02. The van der Waals surface area contributed by atoms with Gasteiger partial charge in [-0.3, -0.25) is 9.59 Å². The third kappa shape index (κ3) is 10.2. The second-order valence-electron chi connectivity index (χ2n) is 11.0. The van der Waals surface area contributed by atoms with E-state index in [-0.39, 0.29) is 35.7 Å². The van der Waals surface area contributed by atoms with Crippen LogP contribution in [0, 0.1) is 0 Å². The molecule has 1 atom stereocenters. The first-order valence-corrected chi connectivity index (χ1v) is 16.7. The Morgan fingerprint density at radius 1 is 0.932 bits per heavy atom. The summed E-state index contributed by atoms with van der Waals surface area (Å²) in [5.41, 5.74) is 2.67. The van der Waals surface area contributed by atoms with Crippen molar-refractivity contribution in [1.29, 1.82) is 0 Å². The number of carbonyl (C=O) groups is 2. The highest BCUT2D eigenvalue weighted by Crippen LogP contribution is 2.23. The molecule has 0 spiro atoms. The molecule has 0 aromatic heterocycles. The maximum Gasteiger partial charge on any atom is 0.243 e. The number of benzene rings is 3. The van der Waals surface area contributed by atoms with Gasteiger partial charge in [0.25, 0.3) is 0 Å². The Labute approximate surface area is 261 Å². The van der Waals surface area contributed by atoms with E-state index in [1.165, 1.54) is 0 Å². The van der Waals surface area contributed by atoms with Gasteiger partial charge in [0.05, 0.1) is 12.0 Å². The van der Waals surface area contributed by atoms with E-state index in [2.05, 4.69) is 10.0 Å². The Morgan fingerprint density at radius 3 is 2.25 bits per heavy atom. The van der Waals surface area contributed by atoms with Crippen LogP contribution in [-0.2, 0) is 43.7 Å². The van der Waals surface area contributed by atoms with E-state index < -0.39 is 16.1 Å². The molecule has 3 aromatic carbocycles. The summed E-state index contributed by atoms with van der Waals surface area (Å²) >= 11 is 0. The van der Waals surface area contributed by atoms with Crippen molar-refractivity contribution >= 4 is 21.8 Å². The molecule has 0 bridgehead atoms. The van der Waals surface area contributed by atoms with Crippen LogP contribution in [0.15, 0.2) is 83.8 Å². The van der Waals surface area contributed by atoms with Crippen molar-refractivity contribution in [2.24, 2.45) is 0 Å². The normalized spacial score (nSPS) is 13.7. The largest absolute Gasteiger partial charge is 0.497 e. The Kier molecular flexibility index (Phi) is 12.3. The number of hydrogen-bond donors (Lipinski definition) is 2. The molecule has 44 heavy (non-hydrogen) atoms. The summed E-state index contributed by atoms with van der Waals surface area (Å²) in [6, 6.07) is 23.1. The van der Waals surface area contributed by atoms with E-state index in [1.54, 1.807) is 36.3 Å². The Balaban J connectivity index is 1.52. The fraction of sp³-hybridized carbons (Fsp3) is 0.412. The first-order valence-electron chi connectivity index (χ1n) is 15.2. The highest BCUT2D eigenvalue weighted by atomic mass is 32.2.